The molecule has 1 fully saturated rings. The summed E-state index contributed by atoms with van der Waals surface area (Å²) in [5, 5.41) is 2.45. The first-order valence-electron chi connectivity index (χ1n) is 6.47. The third kappa shape index (κ3) is 4.73. The second kappa shape index (κ2) is 7.61. The fraction of sp³-hybridized carbons (Fsp3) is 0.692. The Morgan fingerprint density at radius 1 is 1.00 bits per heavy atom. The van der Waals surface area contributed by atoms with Crippen LogP contribution in [0.1, 0.15) is 19.3 Å². The van der Waals surface area contributed by atoms with Crippen LogP contribution in [-0.2, 0) is 33.4 Å². The van der Waals surface area contributed by atoms with Crippen LogP contribution in [0.5, 0.6) is 0 Å². The van der Waals surface area contributed by atoms with E-state index in [4.69, 9.17) is 0 Å². The highest BCUT2D eigenvalue weighted by Gasteiger charge is 2.41. The van der Waals surface area contributed by atoms with Gasteiger partial charge in [0.05, 0.1) is 33.7 Å². The highest BCUT2D eigenvalue weighted by atomic mass is 16.5. The summed E-state index contributed by atoms with van der Waals surface area (Å²) < 4.78 is 13.7. The van der Waals surface area contributed by atoms with Gasteiger partial charge in [0.1, 0.15) is 6.04 Å². The number of ether oxygens (including phenoxy) is 3. The maximum absolute atomic E-state index is 11.8. The molecule has 21 heavy (non-hydrogen) atoms. The van der Waals surface area contributed by atoms with Crippen LogP contribution in [0, 0.1) is 11.8 Å². The standard InChI is InChI=1S/C13H19NO7/c1-19-9(15)6-8(12(17)20-2)10(13(18)21-3)14-11(16)7-4-5-7/h7-8,10H,4-6H2,1-3H3,(H,14,16)/t8-,10-/m0/s1. The normalized spacial score (nSPS) is 16.3. The van der Waals surface area contributed by atoms with Crippen molar-refractivity contribution >= 4 is 23.8 Å². The lowest BCUT2D eigenvalue weighted by molar-refractivity contribution is -0.159. The quantitative estimate of drug-likeness (QED) is 0.494. The minimum absolute atomic E-state index is 0.159. The molecule has 1 amide bonds. The number of amides is 1. The number of rotatable bonds is 7. The largest absolute Gasteiger partial charge is 0.469 e. The summed E-state index contributed by atoms with van der Waals surface area (Å²) in [5.74, 6) is -4.01. The molecule has 1 aliphatic rings. The molecule has 0 spiro atoms. The Kier molecular flexibility index (Phi) is 6.13. The van der Waals surface area contributed by atoms with Crippen molar-refractivity contribution in [2.75, 3.05) is 21.3 Å². The predicted molar refractivity (Wildman–Crippen MR) is 68.8 cm³/mol. The Hall–Kier alpha value is -2.12. The Morgan fingerprint density at radius 2 is 1.57 bits per heavy atom. The van der Waals surface area contributed by atoms with Crippen LogP contribution in [0.3, 0.4) is 0 Å². The van der Waals surface area contributed by atoms with Gasteiger partial charge in [0.2, 0.25) is 5.91 Å². The Labute approximate surface area is 122 Å². The van der Waals surface area contributed by atoms with E-state index in [1.165, 1.54) is 0 Å². The maximum Gasteiger partial charge on any atom is 0.329 e. The first-order chi connectivity index (χ1) is 9.94. The van der Waals surface area contributed by atoms with Crippen molar-refractivity contribution in [2.45, 2.75) is 25.3 Å². The second-order valence-corrected chi connectivity index (χ2v) is 4.69. The van der Waals surface area contributed by atoms with E-state index in [0.29, 0.717) is 0 Å². The highest BCUT2D eigenvalue weighted by Crippen LogP contribution is 2.29. The molecular weight excluding hydrogens is 282 g/mol. The van der Waals surface area contributed by atoms with Crippen molar-refractivity contribution in [2.24, 2.45) is 11.8 Å². The van der Waals surface area contributed by atoms with Crippen LogP contribution in [0.25, 0.3) is 0 Å². The van der Waals surface area contributed by atoms with Crippen LogP contribution in [-0.4, -0.2) is 51.2 Å². The van der Waals surface area contributed by atoms with Crippen LogP contribution in [0.2, 0.25) is 0 Å². The number of carbonyl (C=O) groups is 4. The zero-order chi connectivity index (χ0) is 16.0. The van der Waals surface area contributed by atoms with Gasteiger partial charge in [-0.25, -0.2) is 4.79 Å². The number of esters is 3. The molecule has 0 saturated heterocycles. The third-order valence-electron chi connectivity index (χ3n) is 3.22. The molecule has 1 N–H and O–H groups in total. The monoisotopic (exact) mass is 301 g/mol. The zero-order valence-electron chi connectivity index (χ0n) is 12.2. The van der Waals surface area contributed by atoms with Crippen LogP contribution < -0.4 is 5.32 Å². The van der Waals surface area contributed by atoms with Crippen molar-refractivity contribution in [3.63, 3.8) is 0 Å². The molecule has 8 heteroatoms. The lowest BCUT2D eigenvalue weighted by atomic mass is 9.95. The lowest BCUT2D eigenvalue weighted by Gasteiger charge is -2.23. The van der Waals surface area contributed by atoms with E-state index in [1.807, 2.05) is 0 Å². The van der Waals surface area contributed by atoms with E-state index >= 15 is 0 Å². The van der Waals surface area contributed by atoms with Gasteiger partial charge in [-0.05, 0) is 12.8 Å². The number of carbonyl (C=O) groups excluding carboxylic acids is 4. The molecule has 0 radical (unpaired) electrons. The van der Waals surface area contributed by atoms with Gasteiger partial charge in [0.15, 0.2) is 0 Å². The topological polar surface area (TPSA) is 108 Å². The maximum atomic E-state index is 11.8. The van der Waals surface area contributed by atoms with Crippen molar-refractivity contribution in [1.29, 1.82) is 0 Å². The van der Waals surface area contributed by atoms with Gasteiger partial charge in [0.25, 0.3) is 0 Å². The minimum atomic E-state index is -1.28. The molecule has 0 aromatic rings. The fourth-order valence-electron chi connectivity index (χ4n) is 1.82. The molecule has 0 aromatic heterocycles. The second-order valence-electron chi connectivity index (χ2n) is 4.69. The van der Waals surface area contributed by atoms with Gasteiger partial charge in [-0.2, -0.15) is 0 Å². The lowest BCUT2D eigenvalue weighted by Crippen LogP contribution is -2.50. The molecule has 1 rings (SSSR count). The Morgan fingerprint density at radius 3 is 2.00 bits per heavy atom. The summed E-state index contributed by atoms with van der Waals surface area (Å²) in [6.45, 7) is 0. The summed E-state index contributed by atoms with van der Waals surface area (Å²) in [5.41, 5.74) is 0. The van der Waals surface area contributed by atoms with E-state index in [2.05, 4.69) is 19.5 Å². The molecule has 8 nitrogen and oxygen atoms in total. The Balaban J connectivity index is 2.91. The number of hydrogen-bond donors (Lipinski definition) is 1. The average Bonchev–Trinajstić information content (AvgIpc) is 3.33. The van der Waals surface area contributed by atoms with Gasteiger partial charge < -0.3 is 19.5 Å². The van der Waals surface area contributed by atoms with Gasteiger partial charge in [-0.15, -0.1) is 0 Å². The molecule has 118 valence electrons. The third-order valence-corrected chi connectivity index (χ3v) is 3.22. The molecule has 1 saturated carbocycles. The smallest absolute Gasteiger partial charge is 0.329 e. The number of nitrogens with one attached hydrogen (secondary N) is 1. The first-order valence-corrected chi connectivity index (χ1v) is 6.47. The van der Waals surface area contributed by atoms with Crippen molar-refractivity contribution in [3.8, 4) is 0 Å². The number of hydrogen-bond acceptors (Lipinski definition) is 7. The highest BCUT2D eigenvalue weighted by molar-refractivity contribution is 5.92. The average molecular weight is 301 g/mol. The summed E-state index contributed by atoms with van der Waals surface area (Å²) in [6.07, 6.45) is 1.08. The molecule has 0 heterocycles. The van der Waals surface area contributed by atoms with Crippen molar-refractivity contribution in [1.82, 2.24) is 5.32 Å². The van der Waals surface area contributed by atoms with Gasteiger partial charge in [-0.3, -0.25) is 14.4 Å². The van der Waals surface area contributed by atoms with Gasteiger partial charge >= 0.3 is 17.9 Å². The van der Waals surface area contributed by atoms with Crippen LogP contribution in [0.4, 0.5) is 0 Å². The fourth-order valence-corrected chi connectivity index (χ4v) is 1.82. The number of methoxy groups -OCH3 is 3. The Bertz CT molecular complexity index is 430. The predicted octanol–water partition coefficient (Wildman–Crippen LogP) is -0.593. The van der Waals surface area contributed by atoms with Crippen LogP contribution >= 0.6 is 0 Å². The zero-order valence-corrected chi connectivity index (χ0v) is 12.2. The molecule has 2 atom stereocenters. The summed E-state index contributed by atoms with van der Waals surface area (Å²) >= 11 is 0. The van der Waals surface area contributed by atoms with Gasteiger partial charge in [-0.1, -0.05) is 0 Å². The van der Waals surface area contributed by atoms with Crippen molar-refractivity contribution < 1.29 is 33.4 Å². The SMILES string of the molecule is COC(=O)C[C@H](C(=O)OC)[C@H](NC(=O)C1CC1)C(=O)OC. The first kappa shape index (κ1) is 16.9. The van der Waals surface area contributed by atoms with Gasteiger partial charge in [0, 0.05) is 5.92 Å². The summed E-state index contributed by atoms with van der Waals surface area (Å²) in [6, 6.07) is -1.28. The molecule has 0 bridgehead atoms. The van der Waals surface area contributed by atoms with Crippen molar-refractivity contribution in [3.05, 3.63) is 0 Å². The summed E-state index contributed by atoms with van der Waals surface area (Å²) in [7, 11) is 3.42. The van der Waals surface area contributed by atoms with E-state index in [0.717, 1.165) is 34.2 Å². The van der Waals surface area contributed by atoms with Crippen LogP contribution in [0.15, 0.2) is 0 Å². The molecule has 0 aliphatic heterocycles. The molecule has 0 aromatic carbocycles. The van der Waals surface area contributed by atoms with E-state index in [9.17, 15) is 19.2 Å². The minimum Gasteiger partial charge on any atom is -0.469 e. The van der Waals surface area contributed by atoms with E-state index < -0.39 is 36.3 Å². The van der Waals surface area contributed by atoms with E-state index in [-0.39, 0.29) is 11.8 Å². The molecular formula is C13H19NO7. The molecule has 0 unspecified atom stereocenters. The molecule has 1 aliphatic carbocycles. The van der Waals surface area contributed by atoms with E-state index in [1.54, 1.807) is 0 Å². The summed E-state index contributed by atoms with van der Waals surface area (Å²) in [4.78, 5) is 46.8.